The number of ether oxygens (including phenoxy) is 1. The molecule has 2 aromatic heterocycles. The molecular formula is C23H12ClFN4O3S3. The molecule has 35 heavy (non-hydrogen) atoms. The van der Waals surface area contributed by atoms with Gasteiger partial charge < -0.3 is 4.74 Å². The molecule has 0 bridgehead atoms. The number of hydrogen-bond acceptors (Lipinski definition) is 8. The lowest BCUT2D eigenvalue weighted by molar-refractivity contribution is -0.123. The van der Waals surface area contributed by atoms with E-state index in [1.807, 2.05) is 24.3 Å². The van der Waals surface area contributed by atoms with Gasteiger partial charge in [-0.3, -0.25) is 15.0 Å². The number of thioether (sulfide) groups is 1. The van der Waals surface area contributed by atoms with Crippen LogP contribution >= 0.6 is 46.9 Å². The van der Waals surface area contributed by atoms with Gasteiger partial charge in [0.2, 0.25) is 11.1 Å². The highest BCUT2D eigenvalue weighted by Crippen LogP contribution is 2.38. The van der Waals surface area contributed by atoms with Crippen LogP contribution in [0.2, 0.25) is 5.28 Å². The fourth-order valence-electron chi connectivity index (χ4n) is 3.28. The number of rotatable bonds is 5. The second-order valence-electron chi connectivity index (χ2n) is 7.03. The van der Waals surface area contributed by atoms with Crippen molar-refractivity contribution < 1.29 is 18.7 Å². The second-order valence-corrected chi connectivity index (χ2v) is 9.99. The largest absolute Gasteiger partial charge is 0.436 e. The summed E-state index contributed by atoms with van der Waals surface area (Å²) in [4.78, 5) is 33.7. The van der Waals surface area contributed by atoms with E-state index in [0.29, 0.717) is 10.4 Å². The number of carbonyl (C=O) groups excluding carboxylic acids is 2. The summed E-state index contributed by atoms with van der Waals surface area (Å²) in [5.41, 5.74) is 3.04. The third-order valence-corrected chi connectivity index (χ3v) is 7.20. The van der Waals surface area contributed by atoms with Crippen molar-refractivity contribution in [2.24, 2.45) is 0 Å². The fourth-order valence-corrected chi connectivity index (χ4v) is 5.18. The minimum absolute atomic E-state index is 0.169. The van der Waals surface area contributed by atoms with Crippen molar-refractivity contribution in [1.82, 2.24) is 20.4 Å². The lowest BCUT2D eigenvalue weighted by atomic mass is 10.0. The molecule has 1 fully saturated rings. The Kier molecular flexibility index (Phi) is 6.48. The number of thiophene rings is 1. The number of thiocarbonyl (C=S) groups is 1. The van der Waals surface area contributed by atoms with Crippen LogP contribution < -0.4 is 10.2 Å². The average Bonchev–Trinajstić information content (AvgIpc) is 3.48. The topological polar surface area (TPSA) is 84.4 Å². The zero-order valence-corrected chi connectivity index (χ0v) is 20.6. The monoisotopic (exact) mass is 542 g/mol. The third kappa shape index (κ3) is 4.76. The molecule has 1 saturated heterocycles. The van der Waals surface area contributed by atoms with Gasteiger partial charge in [-0.1, -0.05) is 48.2 Å². The lowest BCUT2D eigenvalue weighted by Gasteiger charge is -2.15. The molecule has 1 aliphatic heterocycles. The number of halogens is 2. The molecule has 0 saturated carbocycles. The van der Waals surface area contributed by atoms with Crippen LogP contribution in [0.15, 0.2) is 65.0 Å². The number of nitrogens with zero attached hydrogens (tertiary/aromatic N) is 3. The van der Waals surface area contributed by atoms with E-state index in [2.05, 4.69) is 15.4 Å². The Morgan fingerprint density at radius 3 is 2.83 bits per heavy atom. The van der Waals surface area contributed by atoms with Gasteiger partial charge in [-0.15, -0.1) is 11.3 Å². The van der Waals surface area contributed by atoms with E-state index >= 15 is 0 Å². The smallest absolute Gasteiger partial charge is 0.285 e. The molecule has 4 aromatic rings. The van der Waals surface area contributed by atoms with Crippen LogP contribution in [0, 0.1) is 5.82 Å². The van der Waals surface area contributed by atoms with E-state index in [1.54, 1.807) is 35.7 Å². The highest BCUT2D eigenvalue weighted by Gasteiger charge is 2.34. The molecule has 2 aromatic carbocycles. The maximum atomic E-state index is 14.3. The van der Waals surface area contributed by atoms with Gasteiger partial charge in [0, 0.05) is 5.56 Å². The van der Waals surface area contributed by atoms with E-state index in [0.717, 1.165) is 33.7 Å². The summed E-state index contributed by atoms with van der Waals surface area (Å²) in [6, 6.07) is 14.3. The van der Waals surface area contributed by atoms with Gasteiger partial charge in [-0.25, -0.2) is 4.98 Å². The average molecular weight is 543 g/mol. The molecule has 0 spiro atoms. The third-order valence-electron chi connectivity index (χ3n) is 4.85. The molecular weight excluding hydrogens is 531 g/mol. The van der Waals surface area contributed by atoms with Gasteiger partial charge in [0.1, 0.15) is 5.75 Å². The Morgan fingerprint density at radius 2 is 2.03 bits per heavy atom. The minimum Gasteiger partial charge on any atom is -0.436 e. The summed E-state index contributed by atoms with van der Waals surface area (Å²) in [6.07, 6.45) is 2.50. The summed E-state index contributed by atoms with van der Waals surface area (Å²) in [5.74, 6) is -1.85. The summed E-state index contributed by atoms with van der Waals surface area (Å²) in [7, 11) is 0. The van der Waals surface area contributed by atoms with Crippen LogP contribution in [0.4, 0.5) is 4.39 Å². The maximum absolute atomic E-state index is 14.3. The Hall–Kier alpha value is -3.38. The van der Waals surface area contributed by atoms with Gasteiger partial charge >= 0.3 is 0 Å². The molecule has 3 heterocycles. The summed E-state index contributed by atoms with van der Waals surface area (Å²) < 4.78 is 20.2. The van der Waals surface area contributed by atoms with Gasteiger partial charge in [0.15, 0.2) is 4.32 Å². The first-order valence-electron chi connectivity index (χ1n) is 9.91. The normalized spacial score (nSPS) is 14.7. The van der Waals surface area contributed by atoms with Gasteiger partial charge in [0.25, 0.3) is 17.7 Å². The van der Waals surface area contributed by atoms with Gasteiger partial charge in [-0.05, 0) is 58.2 Å². The number of nitrogens with one attached hydrogen (secondary N) is 1. The van der Waals surface area contributed by atoms with Crippen molar-refractivity contribution in [2.75, 3.05) is 0 Å². The van der Waals surface area contributed by atoms with Crippen LogP contribution in [0.25, 0.3) is 16.8 Å². The number of amides is 2. The van der Waals surface area contributed by atoms with Crippen LogP contribution in [-0.4, -0.2) is 31.1 Å². The number of carbonyl (C=O) groups is 2. The van der Waals surface area contributed by atoms with E-state index < -0.39 is 17.6 Å². The van der Waals surface area contributed by atoms with Crippen molar-refractivity contribution in [3.8, 4) is 11.6 Å². The van der Waals surface area contributed by atoms with E-state index in [1.165, 1.54) is 11.3 Å². The van der Waals surface area contributed by atoms with Crippen molar-refractivity contribution in [3.63, 3.8) is 0 Å². The van der Waals surface area contributed by atoms with Crippen molar-refractivity contribution >= 4 is 79.9 Å². The zero-order valence-electron chi connectivity index (χ0n) is 17.4. The minimum atomic E-state index is -0.795. The maximum Gasteiger partial charge on any atom is 0.285 e. The first kappa shape index (κ1) is 23.4. The van der Waals surface area contributed by atoms with Gasteiger partial charge in [-0.2, -0.15) is 14.4 Å². The molecule has 2 amide bonds. The van der Waals surface area contributed by atoms with Crippen LogP contribution in [-0.2, 0) is 4.79 Å². The van der Waals surface area contributed by atoms with Crippen LogP contribution in [0.5, 0.6) is 11.6 Å². The highest BCUT2D eigenvalue weighted by atomic mass is 35.5. The fraction of sp³-hybridized carbons (Fsp3) is 0. The molecule has 0 radical (unpaired) electrons. The lowest BCUT2D eigenvalue weighted by Crippen LogP contribution is -2.44. The number of hydrazine groups is 1. The number of aromatic nitrogens is 2. The predicted octanol–water partition coefficient (Wildman–Crippen LogP) is 5.82. The Morgan fingerprint density at radius 1 is 1.20 bits per heavy atom. The first-order valence-corrected chi connectivity index (χ1v) is 12.4. The van der Waals surface area contributed by atoms with E-state index in [-0.39, 0.29) is 26.1 Å². The van der Waals surface area contributed by atoms with Gasteiger partial charge in [0.05, 0.1) is 16.0 Å². The molecule has 7 nitrogen and oxygen atoms in total. The Balaban J connectivity index is 1.53. The number of benzene rings is 2. The SMILES string of the molecule is O=C(NN1C(=O)/C(=C\c2c(Oc3nc(Cl)ncc3F)ccc3ccccc23)SC1=S)c1cccs1. The van der Waals surface area contributed by atoms with Crippen LogP contribution in [0.1, 0.15) is 15.2 Å². The van der Waals surface area contributed by atoms with Crippen LogP contribution in [0.3, 0.4) is 0 Å². The van der Waals surface area contributed by atoms with Crippen molar-refractivity contribution in [1.29, 1.82) is 0 Å². The molecule has 12 heteroatoms. The molecule has 0 aliphatic carbocycles. The molecule has 1 N–H and O–H groups in total. The number of hydrogen-bond donors (Lipinski definition) is 1. The molecule has 5 rings (SSSR count). The molecule has 1 aliphatic rings. The summed E-state index contributed by atoms with van der Waals surface area (Å²) in [5, 5.41) is 4.23. The second kappa shape index (κ2) is 9.70. The van der Waals surface area contributed by atoms with Crippen molar-refractivity contribution in [3.05, 3.63) is 86.6 Å². The highest BCUT2D eigenvalue weighted by molar-refractivity contribution is 8.26. The Bertz CT molecular complexity index is 1530. The zero-order chi connectivity index (χ0) is 24.5. The quantitative estimate of drug-likeness (QED) is 0.193. The predicted molar refractivity (Wildman–Crippen MR) is 138 cm³/mol. The first-order chi connectivity index (χ1) is 16.9. The molecule has 174 valence electrons. The number of fused-ring (bicyclic) bond motifs is 1. The molecule has 0 atom stereocenters. The summed E-state index contributed by atoms with van der Waals surface area (Å²) in [6.45, 7) is 0. The molecule has 0 unspecified atom stereocenters. The van der Waals surface area contributed by atoms with E-state index in [4.69, 9.17) is 28.6 Å². The van der Waals surface area contributed by atoms with E-state index in [9.17, 15) is 14.0 Å². The Labute approximate surface area is 216 Å². The summed E-state index contributed by atoms with van der Waals surface area (Å²) >= 11 is 13.4. The standard InChI is InChI=1S/C23H12ClFN4O3S3/c24-22-26-11-15(25)20(27-22)32-16-8-7-12-4-1-2-5-13(12)14(16)10-18-21(31)29(23(33)35-18)28-19(30)17-6-3-9-34-17/h1-11H,(H,28,30)/b18-10+. The van der Waals surface area contributed by atoms with Crippen molar-refractivity contribution in [2.45, 2.75) is 0 Å².